The number of hydrogen-bond acceptors (Lipinski definition) is 7. The van der Waals surface area contributed by atoms with Crippen LogP contribution < -0.4 is 27.4 Å². The molecule has 1 aromatic heterocycles. The van der Waals surface area contributed by atoms with Crippen LogP contribution in [0.2, 0.25) is 0 Å². The average Bonchev–Trinajstić information content (AvgIpc) is 3.18. The summed E-state index contributed by atoms with van der Waals surface area (Å²) < 4.78 is 0. The number of fused-ring (bicyclic) bond motifs is 1. The number of carboxylic acid groups (broad SMARTS) is 1. The molecule has 0 aliphatic carbocycles. The van der Waals surface area contributed by atoms with Crippen LogP contribution in [0.1, 0.15) is 12.0 Å². The Morgan fingerprint density at radius 2 is 1.64 bits per heavy atom. The summed E-state index contributed by atoms with van der Waals surface area (Å²) in [5.41, 5.74) is 12.0. The molecule has 0 saturated heterocycles. The lowest BCUT2D eigenvalue weighted by Gasteiger charge is -2.23. The fraction of sp³-hybridized carbons (Fsp3) is 0.350. The van der Waals surface area contributed by atoms with Crippen LogP contribution in [-0.2, 0) is 30.4 Å². The highest BCUT2D eigenvalue weighted by Crippen LogP contribution is 2.19. The van der Waals surface area contributed by atoms with Crippen molar-refractivity contribution in [1.29, 1.82) is 0 Å². The van der Waals surface area contributed by atoms with E-state index in [1.807, 2.05) is 24.3 Å². The number of aromatic nitrogens is 1. The molecule has 0 radical (unpaired) electrons. The van der Waals surface area contributed by atoms with Gasteiger partial charge in [-0.2, -0.15) is 12.6 Å². The Bertz CT molecular complexity index is 1040. The van der Waals surface area contributed by atoms with Gasteiger partial charge in [-0.15, -0.1) is 0 Å². The topological polar surface area (TPSA) is 209 Å². The van der Waals surface area contributed by atoms with Gasteiger partial charge in [0.15, 0.2) is 0 Å². The van der Waals surface area contributed by atoms with Crippen molar-refractivity contribution in [2.24, 2.45) is 11.5 Å². The highest BCUT2D eigenvalue weighted by molar-refractivity contribution is 7.80. The summed E-state index contributed by atoms with van der Waals surface area (Å²) >= 11 is 4.04. The molecule has 13 heteroatoms. The molecule has 12 nitrogen and oxygen atoms in total. The lowest BCUT2D eigenvalue weighted by Crippen LogP contribution is -2.57. The molecular formula is C20H26N6O6S. The minimum Gasteiger partial charge on any atom is -0.480 e. The first-order valence-electron chi connectivity index (χ1n) is 9.93. The lowest BCUT2D eigenvalue weighted by atomic mass is 10.0. The normalized spacial score (nSPS) is 13.5. The number of carboxylic acids is 1. The van der Waals surface area contributed by atoms with Crippen molar-refractivity contribution in [3.05, 3.63) is 36.0 Å². The average molecular weight is 479 g/mol. The third kappa shape index (κ3) is 7.22. The van der Waals surface area contributed by atoms with Gasteiger partial charge in [0, 0.05) is 29.3 Å². The Morgan fingerprint density at radius 1 is 1.00 bits per heavy atom. The number of hydrogen-bond donors (Lipinski definition) is 8. The number of carbonyl (C=O) groups excluding carboxylic acids is 4. The van der Waals surface area contributed by atoms with Crippen molar-refractivity contribution < 1.29 is 29.1 Å². The van der Waals surface area contributed by atoms with Gasteiger partial charge >= 0.3 is 5.97 Å². The summed E-state index contributed by atoms with van der Waals surface area (Å²) in [5.74, 6) is -4.70. The maximum Gasteiger partial charge on any atom is 0.326 e. The fourth-order valence-electron chi connectivity index (χ4n) is 3.12. The van der Waals surface area contributed by atoms with E-state index in [0.717, 1.165) is 16.5 Å². The van der Waals surface area contributed by atoms with Crippen LogP contribution in [0.4, 0.5) is 0 Å². The standard InChI is InChI=1S/C20H26N6O6S/c21-7-17(28)24-13(5-10-8-23-12-4-2-1-3-11(10)12)18(29)26-15(9-33)19(30)25-14(20(31)32)6-16(22)27/h1-4,8,13-15,23,33H,5-7,9,21H2,(H2,22,27)(H,24,28)(H,25,30)(H,26,29)(H,31,32). The van der Waals surface area contributed by atoms with E-state index in [9.17, 15) is 24.0 Å². The van der Waals surface area contributed by atoms with E-state index in [0.29, 0.717) is 0 Å². The van der Waals surface area contributed by atoms with Crippen molar-refractivity contribution in [3.8, 4) is 0 Å². The molecule has 0 bridgehead atoms. The zero-order valence-corrected chi connectivity index (χ0v) is 18.4. The molecule has 4 amide bonds. The van der Waals surface area contributed by atoms with E-state index in [1.165, 1.54) is 0 Å². The number of rotatable bonds is 12. The zero-order valence-electron chi connectivity index (χ0n) is 17.5. The third-order valence-electron chi connectivity index (χ3n) is 4.77. The van der Waals surface area contributed by atoms with E-state index in [2.05, 4.69) is 33.6 Å². The Kier molecular flexibility index (Phi) is 9.24. The summed E-state index contributed by atoms with van der Waals surface area (Å²) in [6.45, 7) is -0.346. The van der Waals surface area contributed by atoms with E-state index in [4.69, 9.17) is 16.6 Å². The van der Waals surface area contributed by atoms with Crippen molar-refractivity contribution >= 4 is 53.1 Å². The molecule has 2 aromatic rings. The molecule has 0 spiro atoms. The van der Waals surface area contributed by atoms with Gasteiger partial charge in [-0.3, -0.25) is 19.2 Å². The van der Waals surface area contributed by atoms with E-state index in [-0.39, 0.29) is 18.7 Å². The van der Waals surface area contributed by atoms with Crippen molar-refractivity contribution in [1.82, 2.24) is 20.9 Å². The van der Waals surface area contributed by atoms with Crippen LogP contribution in [0.3, 0.4) is 0 Å². The number of aliphatic carboxylic acids is 1. The largest absolute Gasteiger partial charge is 0.480 e. The Balaban J connectivity index is 2.16. The smallest absolute Gasteiger partial charge is 0.326 e. The molecule has 3 unspecified atom stereocenters. The predicted molar refractivity (Wildman–Crippen MR) is 122 cm³/mol. The van der Waals surface area contributed by atoms with Crippen LogP contribution in [0.15, 0.2) is 30.5 Å². The first-order chi connectivity index (χ1) is 15.7. The number of primary amides is 1. The number of benzene rings is 1. The molecule has 1 aromatic carbocycles. The fourth-order valence-corrected chi connectivity index (χ4v) is 3.38. The molecule has 0 aliphatic heterocycles. The van der Waals surface area contributed by atoms with Crippen LogP contribution in [-0.4, -0.2) is 70.1 Å². The van der Waals surface area contributed by atoms with Gasteiger partial charge in [-0.25, -0.2) is 4.79 Å². The van der Waals surface area contributed by atoms with Crippen LogP contribution in [0, 0.1) is 0 Å². The van der Waals surface area contributed by atoms with Crippen LogP contribution in [0.25, 0.3) is 10.9 Å². The molecule has 3 atom stereocenters. The van der Waals surface area contributed by atoms with Crippen LogP contribution in [0.5, 0.6) is 0 Å². The van der Waals surface area contributed by atoms with Gasteiger partial charge in [0.25, 0.3) is 0 Å². The Hall–Kier alpha value is -3.58. The summed E-state index contributed by atoms with van der Waals surface area (Å²) in [6.07, 6.45) is 1.19. The monoisotopic (exact) mass is 478 g/mol. The number of nitrogens with one attached hydrogen (secondary N) is 4. The first-order valence-corrected chi connectivity index (χ1v) is 10.6. The summed E-state index contributed by atoms with van der Waals surface area (Å²) in [5, 5.41) is 17.1. The maximum atomic E-state index is 12.9. The Morgan fingerprint density at radius 3 is 2.24 bits per heavy atom. The van der Waals surface area contributed by atoms with Crippen molar-refractivity contribution in [2.75, 3.05) is 12.3 Å². The molecule has 0 saturated carbocycles. The van der Waals surface area contributed by atoms with E-state index in [1.54, 1.807) is 6.20 Å². The molecule has 1 heterocycles. The van der Waals surface area contributed by atoms with E-state index < -0.39 is 54.1 Å². The second-order valence-electron chi connectivity index (χ2n) is 7.20. The van der Waals surface area contributed by atoms with Crippen molar-refractivity contribution in [3.63, 3.8) is 0 Å². The van der Waals surface area contributed by atoms with E-state index >= 15 is 0 Å². The van der Waals surface area contributed by atoms with Gasteiger partial charge in [0.2, 0.25) is 23.6 Å². The summed E-state index contributed by atoms with van der Waals surface area (Å²) in [6, 6.07) is 3.52. The number of aromatic amines is 1. The maximum absolute atomic E-state index is 12.9. The first kappa shape index (κ1) is 25.7. The molecule has 9 N–H and O–H groups in total. The summed E-state index contributed by atoms with van der Waals surface area (Å²) in [4.78, 5) is 62.7. The molecule has 33 heavy (non-hydrogen) atoms. The number of thiol groups is 1. The van der Waals surface area contributed by atoms with Gasteiger partial charge in [-0.05, 0) is 11.6 Å². The second-order valence-corrected chi connectivity index (χ2v) is 7.57. The number of nitrogens with two attached hydrogens (primary N) is 2. The zero-order chi connectivity index (χ0) is 24.5. The lowest BCUT2D eigenvalue weighted by molar-refractivity contribution is -0.143. The number of carbonyl (C=O) groups is 5. The molecular weight excluding hydrogens is 452 g/mol. The molecule has 2 rings (SSSR count). The number of amides is 4. The van der Waals surface area contributed by atoms with Gasteiger partial charge in [0.05, 0.1) is 13.0 Å². The predicted octanol–water partition coefficient (Wildman–Crippen LogP) is -1.99. The third-order valence-corrected chi connectivity index (χ3v) is 5.14. The van der Waals surface area contributed by atoms with Gasteiger partial charge in [0.1, 0.15) is 18.1 Å². The highest BCUT2D eigenvalue weighted by atomic mass is 32.1. The SMILES string of the molecule is NCC(=O)NC(Cc1c[nH]c2ccccc12)C(=O)NC(CS)C(=O)NC(CC(N)=O)C(=O)O. The van der Waals surface area contributed by atoms with Crippen molar-refractivity contribution in [2.45, 2.75) is 31.0 Å². The van der Waals surface area contributed by atoms with Gasteiger partial charge < -0.3 is 37.5 Å². The number of H-pyrrole nitrogens is 1. The minimum atomic E-state index is -1.56. The second kappa shape index (κ2) is 11.9. The van der Waals surface area contributed by atoms with Gasteiger partial charge in [-0.1, -0.05) is 18.2 Å². The Labute approximate surface area is 194 Å². The summed E-state index contributed by atoms with van der Waals surface area (Å²) in [7, 11) is 0. The minimum absolute atomic E-state index is 0.0991. The molecule has 178 valence electrons. The quantitative estimate of drug-likeness (QED) is 0.161. The molecule has 0 fully saturated rings. The number of para-hydroxylation sites is 1. The molecule has 0 aliphatic rings. The van der Waals surface area contributed by atoms with Crippen LogP contribution >= 0.6 is 12.6 Å². The highest BCUT2D eigenvalue weighted by Gasteiger charge is 2.30.